The molecule has 1 heterocycles. The molecule has 1 aliphatic heterocycles. The van der Waals surface area contributed by atoms with E-state index in [0.717, 1.165) is 37.1 Å². The molecule has 2 aromatic rings. The van der Waals surface area contributed by atoms with Crippen molar-refractivity contribution in [2.45, 2.75) is 24.9 Å². The van der Waals surface area contributed by atoms with E-state index in [1.807, 2.05) is 42.5 Å². The van der Waals surface area contributed by atoms with E-state index >= 15 is 0 Å². The Bertz CT molecular complexity index is 666. The van der Waals surface area contributed by atoms with Gasteiger partial charge in [0.2, 0.25) is 0 Å². The van der Waals surface area contributed by atoms with Crippen LogP contribution in [-0.2, 0) is 21.6 Å². The first-order chi connectivity index (χ1) is 11.2. The van der Waals surface area contributed by atoms with E-state index in [0.29, 0.717) is 5.02 Å². The van der Waals surface area contributed by atoms with Crippen molar-refractivity contribution in [3.8, 4) is 0 Å². The van der Waals surface area contributed by atoms with Gasteiger partial charge in [-0.3, -0.25) is 4.79 Å². The maximum atomic E-state index is 12.5. The van der Waals surface area contributed by atoms with E-state index in [2.05, 4.69) is 5.32 Å². The van der Waals surface area contributed by atoms with Gasteiger partial charge in [0.05, 0.1) is 6.42 Å². The number of ether oxygens (including phenoxy) is 1. The van der Waals surface area contributed by atoms with Crippen LogP contribution < -0.4 is 5.32 Å². The minimum Gasteiger partial charge on any atom is -0.454 e. The van der Waals surface area contributed by atoms with Crippen LogP contribution in [0.1, 0.15) is 24.0 Å². The highest BCUT2D eigenvalue weighted by Crippen LogP contribution is 2.35. The number of hydrogen-bond acceptors (Lipinski definition) is 3. The van der Waals surface area contributed by atoms with E-state index in [-0.39, 0.29) is 12.4 Å². The molecular weight excluding hydrogens is 310 g/mol. The number of nitrogens with one attached hydrogen (secondary N) is 1. The van der Waals surface area contributed by atoms with Crippen molar-refractivity contribution < 1.29 is 9.53 Å². The fourth-order valence-electron chi connectivity index (χ4n) is 3.09. The molecule has 23 heavy (non-hydrogen) atoms. The third-order valence-corrected chi connectivity index (χ3v) is 4.49. The first-order valence-corrected chi connectivity index (χ1v) is 8.28. The Morgan fingerprint density at radius 1 is 1.09 bits per heavy atom. The van der Waals surface area contributed by atoms with Crippen molar-refractivity contribution in [3.63, 3.8) is 0 Å². The summed E-state index contributed by atoms with van der Waals surface area (Å²) in [7, 11) is 0. The molecule has 0 aromatic heterocycles. The van der Waals surface area contributed by atoms with Crippen LogP contribution in [0, 0.1) is 0 Å². The molecule has 0 spiro atoms. The Morgan fingerprint density at radius 2 is 1.83 bits per heavy atom. The molecule has 0 radical (unpaired) electrons. The van der Waals surface area contributed by atoms with Crippen LogP contribution in [0.4, 0.5) is 0 Å². The summed E-state index contributed by atoms with van der Waals surface area (Å²) in [5.74, 6) is -0.210. The maximum absolute atomic E-state index is 12.5. The predicted molar refractivity (Wildman–Crippen MR) is 91.5 cm³/mol. The lowest BCUT2D eigenvalue weighted by atomic mass is 9.84. The molecule has 0 aliphatic carbocycles. The van der Waals surface area contributed by atoms with Crippen LogP contribution in [-0.4, -0.2) is 19.1 Å². The fourth-order valence-corrected chi connectivity index (χ4v) is 3.30. The van der Waals surface area contributed by atoms with Gasteiger partial charge < -0.3 is 10.1 Å². The van der Waals surface area contributed by atoms with Gasteiger partial charge in [-0.25, -0.2) is 0 Å². The third kappa shape index (κ3) is 3.92. The summed E-state index contributed by atoms with van der Waals surface area (Å²) in [6, 6.07) is 17.4. The molecule has 0 atom stereocenters. The van der Waals surface area contributed by atoms with Gasteiger partial charge in [-0.15, -0.1) is 0 Å². The molecule has 2 aromatic carbocycles. The van der Waals surface area contributed by atoms with Crippen LogP contribution in [0.3, 0.4) is 0 Å². The molecule has 3 nitrogen and oxygen atoms in total. The number of hydrogen-bond donors (Lipinski definition) is 1. The second kappa shape index (κ2) is 7.16. The maximum Gasteiger partial charge on any atom is 0.311 e. The summed E-state index contributed by atoms with van der Waals surface area (Å²) >= 11 is 5.98. The van der Waals surface area contributed by atoms with Crippen molar-refractivity contribution in [2.24, 2.45) is 0 Å². The Morgan fingerprint density at radius 3 is 2.52 bits per heavy atom. The molecule has 0 bridgehead atoms. The van der Waals surface area contributed by atoms with Crippen molar-refractivity contribution in [2.75, 3.05) is 13.1 Å². The first-order valence-electron chi connectivity index (χ1n) is 7.90. The second-order valence-corrected chi connectivity index (χ2v) is 6.33. The summed E-state index contributed by atoms with van der Waals surface area (Å²) in [5, 5.41) is 3.97. The predicted octanol–water partition coefficient (Wildman–Crippen LogP) is 3.70. The van der Waals surface area contributed by atoms with E-state index in [4.69, 9.17) is 16.3 Å². The molecule has 120 valence electrons. The molecule has 0 unspecified atom stereocenters. The van der Waals surface area contributed by atoms with Gasteiger partial charge in [0.1, 0.15) is 5.60 Å². The van der Waals surface area contributed by atoms with Crippen molar-refractivity contribution in [1.29, 1.82) is 0 Å². The molecular formula is C19H20ClNO2. The van der Waals surface area contributed by atoms with Gasteiger partial charge in [-0.2, -0.15) is 0 Å². The van der Waals surface area contributed by atoms with Gasteiger partial charge in [0.15, 0.2) is 0 Å². The lowest BCUT2D eigenvalue weighted by Crippen LogP contribution is -2.43. The zero-order valence-corrected chi connectivity index (χ0v) is 13.7. The average molecular weight is 330 g/mol. The summed E-state index contributed by atoms with van der Waals surface area (Å²) in [6.45, 7) is 1.69. The summed E-state index contributed by atoms with van der Waals surface area (Å²) < 4.78 is 5.99. The lowest BCUT2D eigenvalue weighted by molar-refractivity contribution is -0.163. The average Bonchev–Trinajstić information content (AvgIpc) is 2.56. The number of halogens is 1. The number of benzene rings is 2. The number of carbonyl (C=O) groups is 1. The highest BCUT2D eigenvalue weighted by atomic mass is 35.5. The van der Waals surface area contributed by atoms with Crippen LogP contribution >= 0.6 is 11.6 Å². The molecule has 1 saturated heterocycles. The van der Waals surface area contributed by atoms with Gasteiger partial charge >= 0.3 is 5.97 Å². The van der Waals surface area contributed by atoms with Gasteiger partial charge in [0.25, 0.3) is 0 Å². The van der Waals surface area contributed by atoms with Crippen LogP contribution in [0.15, 0.2) is 54.6 Å². The zero-order chi connectivity index (χ0) is 16.1. The molecule has 1 aliphatic rings. The quantitative estimate of drug-likeness (QED) is 0.869. The zero-order valence-electron chi connectivity index (χ0n) is 12.9. The van der Waals surface area contributed by atoms with Gasteiger partial charge in [-0.1, -0.05) is 54.1 Å². The number of esters is 1. The van der Waals surface area contributed by atoms with E-state index in [1.54, 1.807) is 12.1 Å². The SMILES string of the molecule is O=C(Cc1cccc(Cl)c1)OC1(c2ccccc2)CCNCC1. The minimum atomic E-state index is -0.526. The standard InChI is InChI=1S/C19H20ClNO2/c20-17-8-4-5-15(13-17)14-18(22)23-19(9-11-21-12-10-19)16-6-2-1-3-7-16/h1-8,13,21H,9-12,14H2. The van der Waals surface area contributed by atoms with Crippen molar-refractivity contribution in [3.05, 3.63) is 70.7 Å². The molecule has 3 rings (SSSR count). The monoisotopic (exact) mass is 329 g/mol. The van der Waals surface area contributed by atoms with Crippen molar-refractivity contribution in [1.82, 2.24) is 5.32 Å². The highest BCUT2D eigenvalue weighted by molar-refractivity contribution is 6.30. The lowest BCUT2D eigenvalue weighted by Gasteiger charge is -2.37. The van der Waals surface area contributed by atoms with E-state index in [9.17, 15) is 4.79 Å². The summed E-state index contributed by atoms with van der Waals surface area (Å²) in [6.07, 6.45) is 1.82. The summed E-state index contributed by atoms with van der Waals surface area (Å²) in [4.78, 5) is 12.5. The van der Waals surface area contributed by atoms with E-state index < -0.39 is 5.60 Å². The minimum absolute atomic E-state index is 0.210. The normalized spacial score (nSPS) is 16.7. The Hall–Kier alpha value is -1.84. The van der Waals surface area contributed by atoms with Gasteiger partial charge in [0, 0.05) is 17.9 Å². The Kier molecular flexibility index (Phi) is 4.99. The molecule has 0 amide bonds. The van der Waals surface area contributed by atoms with Crippen LogP contribution in [0.2, 0.25) is 5.02 Å². The molecule has 1 N–H and O–H groups in total. The second-order valence-electron chi connectivity index (χ2n) is 5.89. The van der Waals surface area contributed by atoms with Gasteiger partial charge in [-0.05, 0) is 36.3 Å². The molecule has 1 fully saturated rings. The Labute approximate surface area is 141 Å². The van der Waals surface area contributed by atoms with E-state index in [1.165, 1.54) is 0 Å². The van der Waals surface area contributed by atoms with Crippen molar-refractivity contribution >= 4 is 17.6 Å². The molecule has 4 heteroatoms. The highest BCUT2D eigenvalue weighted by Gasteiger charge is 2.37. The Balaban J connectivity index is 1.77. The topological polar surface area (TPSA) is 38.3 Å². The largest absolute Gasteiger partial charge is 0.454 e. The van der Waals surface area contributed by atoms with Crippen LogP contribution in [0.5, 0.6) is 0 Å². The molecule has 0 saturated carbocycles. The fraction of sp³-hybridized carbons (Fsp3) is 0.316. The number of rotatable bonds is 4. The summed E-state index contributed by atoms with van der Waals surface area (Å²) in [5.41, 5.74) is 1.42. The number of piperidine rings is 1. The third-order valence-electron chi connectivity index (χ3n) is 4.26. The van der Waals surface area contributed by atoms with Crippen LogP contribution in [0.25, 0.3) is 0 Å². The number of carbonyl (C=O) groups excluding carboxylic acids is 1. The smallest absolute Gasteiger partial charge is 0.311 e. The first kappa shape index (κ1) is 16.0.